The Morgan fingerprint density at radius 1 is 1.24 bits per heavy atom. The largest absolute Gasteiger partial charge is 0.396 e. The van der Waals surface area contributed by atoms with Gasteiger partial charge in [-0.1, -0.05) is 25.5 Å². The summed E-state index contributed by atoms with van der Waals surface area (Å²) in [4.78, 5) is 14.3. The van der Waals surface area contributed by atoms with Crippen LogP contribution in [0.1, 0.15) is 37.3 Å². The zero-order chi connectivity index (χ0) is 15.7. The number of hydrogen-bond acceptors (Lipinski definition) is 3. The summed E-state index contributed by atoms with van der Waals surface area (Å²) in [5, 5.41) is 11.9. The van der Waals surface area contributed by atoms with Gasteiger partial charge in [0, 0.05) is 18.8 Å². The molecule has 0 saturated carbocycles. The van der Waals surface area contributed by atoms with E-state index in [1.54, 1.807) is 0 Å². The van der Waals surface area contributed by atoms with Crippen molar-refractivity contribution >= 4 is 11.6 Å². The fraction of sp³-hybridized carbons (Fsp3) is 0.588. The van der Waals surface area contributed by atoms with Crippen LogP contribution in [0.4, 0.5) is 5.69 Å². The predicted molar refractivity (Wildman–Crippen MR) is 87.6 cm³/mol. The number of aliphatic hydroxyl groups excluding tert-OH is 1. The Hall–Kier alpha value is -1.39. The highest BCUT2D eigenvalue weighted by molar-refractivity contribution is 5.93. The fourth-order valence-electron chi connectivity index (χ4n) is 2.21. The first-order valence-corrected chi connectivity index (χ1v) is 7.77. The van der Waals surface area contributed by atoms with Crippen LogP contribution in [0.2, 0.25) is 0 Å². The van der Waals surface area contributed by atoms with E-state index in [0.717, 1.165) is 42.7 Å². The van der Waals surface area contributed by atoms with Crippen molar-refractivity contribution in [2.24, 2.45) is 0 Å². The minimum atomic E-state index is 0.0118. The Morgan fingerprint density at radius 3 is 2.62 bits per heavy atom. The van der Waals surface area contributed by atoms with Gasteiger partial charge in [0.05, 0.1) is 6.54 Å². The molecule has 21 heavy (non-hydrogen) atoms. The lowest BCUT2D eigenvalue weighted by Crippen LogP contribution is -2.35. The quantitative estimate of drug-likeness (QED) is 0.736. The third kappa shape index (κ3) is 6.74. The van der Waals surface area contributed by atoms with Crippen LogP contribution in [0.25, 0.3) is 0 Å². The molecular formula is C17H28N2O2. The van der Waals surface area contributed by atoms with E-state index in [-0.39, 0.29) is 12.5 Å². The summed E-state index contributed by atoms with van der Waals surface area (Å²) in [6.07, 6.45) is 2.89. The van der Waals surface area contributed by atoms with Crippen molar-refractivity contribution in [3.05, 3.63) is 29.3 Å². The first kappa shape index (κ1) is 17.7. The van der Waals surface area contributed by atoms with Crippen molar-refractivity contribution in [2.45, 2.75) is 40.0 Å². The SMILES string of the molecule is CCCCN(CCCO)CC(=O)Nc1cc(C)ccc1C. The molecule has 0 bridgehead atoms. The Labute approximate surface area is 128 Å². The minimum Gasteiger partial charge on any atom is -0.396 e. The van der Waals surface area contributed by atoms with Gasteiger partial charge in [-0.2, -0.15) is 0 Å². The maximum atomic E-state index is 12.2. The molecule has 1 aromatic carbocycles. The predicted octanol–water partition coefficient (Wildman–Crippen LogP) is 2.73. The Morgan fingerprint density at radius 2 is 1.95 bits per heavy atom. The fourth-order valence-corrected chi connectivity index (χ4v) is 2.21. The third-order valence-electron chi connectivity index (χ3n) is 3.49. The molecule has 0 fully saturated rings. The zero-order valence-electron chi connectivity index (χ0n) is 13.5. The number of nitrogens with zero attached hydrogens (tertiary/aromatic N) is 1. The molecule has 0 atom stereocenters. The topological polar surface area (TPSA) is 52.6 Å². The Bertz CT molecular complexity index is 438. The first-order valence-electron chi connectivity index (χ1n) is 7.77. The van der Waals surface area contributed by atoms with Crippen LogP contribution in [0.5, 0.6) is 0 Å². The monoisotopic (exact) mass is 292 g/mol. The van der Waals surface area contributed by atoms with Crippen LogP contribution in [-0.4, -0.2) is 42.2 Å². The molecule has 1 rings (SSSR count). The highest BCUT2D eigenvalue weighted by Gasteiger charge is 2.11. The van der Waals surface area contributed by atoms with Gasteiger partial charge in [-0.05, 0) is 50.4 Å². The van der Waals surface area contributed by atoms with Gasteiger partial charge in [-0.25, -0.2) is 0 Å². The molecule has 118 valence electrons. The number of hydrogen-bond donors (Lipinski definition) is 2. The maximum absolute atomic E-state index is 12.2. The Balaban J connectivity index is 2.57. The molecular weight excluding hydrogens is 264 g/mol. The maximum Gasteiger partial charge on any atom is 0.238 e. The first-order chi connectivity index (χ1) is 10.1. The van der Waals surface area contributed by atoms with Gasteiger partial charge in [-0.15, -0.1) is 0 Å². The number of benzene rings is 1. The van der Waals surface area contributed by atoms with Gasteiger partial charge in [0.15, 0.2) is 0 Å². The summed E-state index contributed by atoms with van der Waals surface area (Å²) >= 11 is 0. The lowest BCUT2D eigenvalue weighted by Gasteiger charge is -2.21. The standard InChI is InChI=1S/C17H28N2O2/c1-4-5-9-19(10-6-11-20)13-17(21)18-16-12-14(2)7-8-15(16)3/h7-8,12,20H,4-6,9-11,13H2,1-3H3,(H,18,21). The van der Waals surface area contributed by atoms with Gasteiger partial charge >= 0.3 is 0 Å². The van der Waals surface area contributed by atoms with Crippen LogP contribution in [0.15, 0.2) is 18.2 Å². The van der Waals surface area contributed by atoms with E-state index < -0.39 is 0 Å². The average Bonchev–Trinajstić information content (AvgIpc) is 2.45. The molecule has 1 amide bonds. The smallest absolute Gasteiger partial charge is 0.238 e. The number of unbranched alkanes of at least 4 members (excludes halogenated alkanes) is 1. The average molecular weight is 292 g/mol. The van der Waals surface area contributed by atoms with Crippen LogP contribution in [0, 0.1) is 13.8 Å². The Kier molecular flexibility index (Phi) is 8.01. The van der Waals surface area contributed by atoms with E-state index in [1.807, 2.05) is 32.0 Å². The van der Waals surface area contributed by atoms with Gasteiger partial charge < -0.3 is 10.4 Å². The lowest BCUT2D eigenvalue weighted by molar-refractivity contribution is -0.117. The zero-order valence-corrected chi connectivity index (χ0v) is 13.5. The van der Waals surface area contributed by atoms with Crippen LogP contribution in [-0.2, 0) is 4.79 Å². The van der Waals surface area contributed by atoms with E-state index in [2.05, 4.69) is 17.1 Å². The van der Waals surface area contributed by atoms with E-state index in [9.17, 15) is 4.79 Å². The number of carbonyl (C=O) groups is 1. The van der Waals surface area contributed by atoms with Gasteiger partial charge in [-0.3, -0.25) is 9.69 Å². The molecule has 0 radical (unpaired) electrons. The molecule has 0 aromatic heterocycles. The lowest BCUT2D eigenvalue weighted by atomic mass is 10.1. The molecule has 4 heteroatoms. The number of nitrogens with one attached hydrogen (secondary N) is 1. The summed E-state index contributed by atoms with van der Waals surface area (Å²) < 4.78 is 0. The highest BCUT2D eigenvalue weighted by atomic mass is 16.3. The van der Waals surface area contributed by atoms with Crippen LogP contribution in [0.3, 0.4) is 0 Å². The molecule has 2 N–H and O–H groups in total. The molecule has 1 aromatic rings. The van der Waals surface area contributed by atoms with E-state index in [1.165, 1.54) is 0 Å². The minimum absolute atomic E-state index is 0.0118. The normalized spacial score (nSPS) is 10.9. The molecule has 0 saturated heterocycles. The van der Waals surface area contributed by atoms with Crippen molar-refractivity contribution < 1.29 is 9.90 Å². The van der Waals surface area contributed by atoms with Crippen LogP contribution < -0.4 is 5.32 Å². The van der Waals surface area contributed by atoms with Crippen molar-refractivity contribution in [2.75, 3.05) is 31.6 Å². The summed E-state index contributed by atoms with van der Waals surface area (Å²) in [6, 6.07) is 6.06. The summed E-state index contributed by atoms with van der Waals surface area (Å²) in [5.41, 5.74) is 3.10. The molecule has 0 aliphatic heterocycles. The summed E-state index contributed by atoms with van der Waals surface area (Å²) in [7, 11) is 0. The number of carbonyl (C=O) groups excluding carboxylic acids is 1. The van der Waals surface area contributed by atoms with Crippen molar-refractivity contribution in [3.8, 4) is 0 Å². The molecule has 0 spiro atoms. The molecule has 0 heterocycles. The number of anilines is 1. The van der Waals surface area contributed by atoms with Gasteiger partial charge in [0.25, 0.3) is 0 Å². The van der Waals surface area contributed by atoms with Crippen molar-refractivity contribution in [1.29, 1.82) is 0 Å². The second-order valence-corrected chi connectivity index (χ2v) is 5.57. The van der Waals surface area contributed by atoms with E-state index in [4.69, 9.17) is 5.11 Å². The van der Waals surface area contributed by atoms with Gasteiger partial charge in [0.1, 0.15) is 0 Å². The number of aliphatic hydroxyl groups is 1. The van der Waals surface area contributed by atoms with Crippen LogP contribution >= 0.6 is 0 Å². The number of aryl methyl sites for hydroxylation is 2. The van der Waals surface area contributed by atoms with Gasteiger partial charge in [0.2, 0.25) is 5.91 Å². The number of rotatable bonds is 9. The molecule has 0 aliphatic carbocycles. The van der Waals surface area contributed by atoms with Crippen molar-refractivity contribution in [1.82, 2.24) is 4.90 Å². The summed E-state index contributed by atoms with van der Waals surface area (Å²) in [5.74, 6) is 0.0118. The summed E-state index contributed by atoms with van der Waals surface area (Å²) in [6.45, 7) is 8.36. The number of amides is 1. The second kappa shape index (κ2) is 9.53. The molecule has 0 aliphatic rings. The molecule has 4 nitrogen and oxygen atoms in total. The second-order valence-electron chi connectivity index (χ2n) is 5.57. The van der Waals surface area contributed by atoms with E-state index in [0.29, 0.717) is 13.0 Å². The third-order valence-corrected chi connectivity index (χ3v) is 3.49. The van der Waals surface area contributed by atoms with Crippen molar-refractivity contribution in [3.63, 3.8) is 0 Å². The molecule has 0 unspecified atom stereocenters. The van der Waals surface area contributed by atoms with E-state index >= 15 is 0 Å². The highest BCUT2D eigenvalue weighted by Crippen LogP contribution is 2.16.